The average Bonchev–Trinajstić information content (AvgIpc) is 2.84. The van der Waals surface area contributed by atoms with Crippen LogP contribution in [0, 0.1) is 0 Å². The van der Waals surface area contributed by atoms with Crippen LogP contribution in [-0.4, -0.2) is 21.9 Å². The summed E-state index contributed by atoms with van der Waals surface area (Å²) in [5.74, 6) is 1.76. The quantitative estimate of drug-likeness (QED) is 0.887. The molecule has 1 aromatic carbocycles. The highest BCUT2D eigenvalue weighted by molar-refractivity contribution is 9.10. The van der Waals surface area contributed by atoms with Crippen molar-refractivity contribution in [3.63, 3.8) is 0 Å². The van der Waals surface area contributed by atoms with Crippen LogP contribution in [0.15, 0.2) is 29.0 Å². The molecule has 0 amide bonds. The summed E-state index contributed by atoms with van der Waals surface area (Å²) in [4.78, 5) is 4.26. The van der Waals surface area contributed by atoms with Gasteiger partial charge in [0.05, 0.1) is 18.1 Å². The van der Waals surface area contributed by atoms with Crippen LogP contribution in [0.4, 0.5) is 5.69 Å². The minimum absolute atomic E-state index is 0.652. The number of aryl methyl sites for hydroxylation is 1. The lowest BCUT2D eigenvalue weighted by Gasteiger charge is -2.09. The highest BCUT2D eigenvalue weighted by atomic mass is 79.9. The molecule has 102 valence electrons. The molecule has 5 nitrogen and oxygen atoms in total. The number of nitrogens with one attached hydrogen (secondary N) is 1. The second kappa shape index (κ2) is 6.56. The number of rotatable bonds is 6. The molecule has 0 saturated heterocycles. The summed E-state index contributed by atoms with van der Waals surface area (Å²) >= 11 is 3.47. The van der Waals surface area contributed by atoms with E-state index in [2.05, 4.69) is 38.3 Å². The highest BCUT2D eigenvalue weighted by Crippen LogP contribution is 2.27. The summed E-state index contributed by atoms with van der Waals surface area (Å²) in [5.41, 5.74) is 1.01. The third kappa shape index (κ3) is 3.47. The Labute approximate surface area is 121 Å². The predicted molar refractivity (Wildman–Crippen MR) is 78.3 cm³/mol. The van der Waals surface area contributed by atoms with Crippen molar-refractivity contribution in [2.75, 3.05) is 12.4 Å². The summed E-state index contributed by atoms with van der Waals surface area (Å²) in [5, 5.41) is 7.53. The van der Waals surface area contributed by atoms with Gasteiger partial charge in [0.1, 0.15) is 17.9 Å². The molecule has 2 aromatic rings. The van der Waals surface area contributed by atoms with Crippen molar-refractivity contribution in [1.82, 2.24) is 14.8 Å². The first-order valence-electron chi connectivity index (χ1n) is 6.18. The van der Waals surface area contributed by atoms with E-state index < -0.39 is 0 Å². The third-order valence-corrected chi connectivity index (χ3v) is 3.35. The van der Waals surface area contributed by atoms with Crippen molar-refractivity contribution >= 4 is 21.6 Å². The molecule has 0 spiro atoms. The molecule has 0 bridgehead atoms. The number of hydrogen-bond donors (Lipinski definition) is 1. The summed E-state index contributed by atoms with van der Waals surface area (Å²) in [6, 6.07) is 5.88. The Morgan fingerprint density at radius 1 is 1.42 bits per heavy atom. The molecule has 1 heterocycles. The van der Waals surface area contributed by atoms with Crippen LogP contribution < -0.4 is 10.1 Å². The predicted octanol–water partition coefficient (Wildman–Crippen LogP) is 3.07. The molecule has 1 aromatic heterocycles. The van der Waals surface area contributed by atoms with Crippen molar-refractivity contribution in [3.05, 3.63) is 34.8 Å². The van der Waals surface area contributed by atoms with Crippen LogP contribution in [0.1, 0.15) is 19.2 Å². The van der Waals surface area contributed by atoms with Gasteiger partial charge in [-0.05, 0) is 40.5 Å². The van der Waals surface area contributed by atoms with Crippen molar-refractivity contribution in [1.29, 1.82) is 0 Å². The summed E-state index contributed by atoms with van der Waals surface area (Å²) in [6.07, 6.45) is 2.64. The maximum Gasteiger partial charge on any atom is 0.146 e. The zero-order valence-corrected chi connectivity index (χ0v) is 12.6. The monoisotopic (exact) mass is 324 g/mol. The smallest absolute Gasteiger partial charge is 0.146 e. The zero-order chi connectivity index (χ0) is 13.7. The van der Waals surface area contributed by atoms with E-state index in [-0.39, 0.29) is 0 Å². The Hall–Kier alpha value is -1.56. The van der Waals surface area contributed by atoms with Gasteiger partial charge in [-0.1, -0.05) is 6.92 Å². The summed E-state index contributed by atoms with van der Waals surface area (Å²) < 4.78 is 8.05. The number of benzene rings is 1. The van der Waals surface area contributed by atoms with Gasteiger partial charge in [0, 0.05) is 12.2 Å². The molecular formula is C13H17BrN4O. The largest absolute Gasteiger partial charge is 0.496 e. The van der Waals surface area contributed by atoms with E-state index in [0.717, 1.165) is 34.7 Å². The Bertz CT molecular complexity index is 541. The molecule has 0 fully saturated rings. The van der Waals surface area contributed by atoms with E-state index in [1.54, 1.807) is 13.4 Å². The maximum atomic E-state index is 5.20. The molecule has 0 saturated carbocycles. The lowest BCUT2D eigenvalue weighted by molar-refractivity contribution is 0.412. The number of anilines is 1. The van der Waals surface area contributed by atoms with Crippen LogP contribution in [0.25, 0.3) is 0 Å². The molecule has 1 N–H and O–H groups in total. The number of methoxy groups -OCH3 is 1. The van der Waals surface area contributed by atoms with Gasteiger partial charge in [-0.25, -0.2) is 9.67 Å². The van der Waals surface area contributed by atoms with Crippen molar-refractivity contribution in [2.45, 2.75) is 26.4 Å². The van der Waals surface area contributed by atoms with E-state index in [4.69, 9.17) is 4.74 Å². The Morgan fingerprint density at radius 2 is 2.26 bits per heavy atom. The second-order valence-corrected chi connectivity index (χ2v) is 4.96. The Balaban J connectivity index is 2.02. The number of ether oxygens (including phenoxy) is 1. The molecule has 0 atom stereocenters. The van der Waals surface area contributed by atoms with Crippen LogP contribution in [0.3, 0.4) is 0 Å². The van der Waals surface area contributed by atoms with Crippen LogP contribution in [0.5, 0.6) is 5.75 Å². The van der Waals surface area contributed by atoms with E-state index in [1.807, 2.05) is 22.9 Å². The molecular weight excluding hydrogens is 308 g/mol. The number of nitrogens with zero attached hydrogens (tertiary/aromatic N) is 3. The fourth-order valence-corrected chi connectivity index (χ4v) is 2.32. The van der Waals surface area contributed by atoms with Gasteiger partial charge in [-0.3, -0.25) is 0 Å². The normalized spacial score (nSPS) is 10.5. The summed E-state index contributed by atoms with van der Waals surface area (Å²) in [6.45, 7) is 3.67. The fraction of sp³-hybridized carbons (Fsp3) is 0.385. The van der Waals surface area contributed by atoms with Gasteiger partial charge in [-0.2, -0.15) is 5.10 Å². The van der Waals surface area contributed by atoms with E-state index in [9.17, 15) is 0 Å². The van der Waals surface area contributed by atoms with Crippen molar-refractivity contribution in [3.8, 4) is 5.75 Å². The lowest BCUT2D eigenvalue weighted by atomic mass is 10.3. The minimum Gasteiger partial charge on any atom is -0.496 e. The van der Waals surface area contributed by atoms with Gasteiger partial charge in [0.15, 0.2) is 0 Å². The van der Waals surface area contributed by atoms with Crippen LogP contribution >= 0.6 is 15.9 Å². The third-order valence-electron chi connectivity index (χ3n) is 2.73. The van der Waals surface area contributed by atoms with E-state index in [1.165, 1.54) is 0 Å². The van der Waals surface area contributed by atoms with Gasteiger partial charge in [-0.15, -0.1) is 0 Å². The van der Waals surface area contributed by atoms with Crippen molar-refractivity contribution < 1.29 is 4.74 Å². The first-order chi connectivity index (χ1) is 9.24. The Kier molecular flexibility index (Phi) is 4.79. The molecule has 0 radical (unpaired) electrons. The molecule has 2 rings (SSSR count). The number of halogens is 1. The topological polar surface area (TPSA) is 52.0 Å². The van der Waals surface area contributed by atoms with Crippen LogP contribution in [-0.2, 0) is 13.1 Å². The number of hydrogen-bond acceptors (Lipinski definition) is 4. The second-order valence-electron chi connectivity index (χ2n) is 4.10. The molecule has 0 unspecified atom stereocenters. The molecule has 0 aliphatic heterocycles. The van der Waals surface area contributed by atoms with E-state index in [0.29, 0.717) is 6.54 Å². The summed E-state index contributed by atoms with van der Waals surface area (Å²) in [7, 11) is 1.65. The van der Waals surface area contributed by atoms with Gasteiger partial charge < -0.3 is 10.1 Å². The average molecular weight is 325 g/mol. The fourth-order valence-electron chi connectivity index (χ4n) is 1.78. The number of aromatic nitrogens is 3. The molecule has 6 heteroatoms. The Morgan fingerprint density at radius 3 is 2.95 bits per heavy atom. The minimum atomic E-state index is 0.652. The maximum absolute atomic E-state index is 5.20. The van der Waals surface area contributed by atoms with Gasteiger partial charge in [0.25, 0.3) is 0 Å². The van der Waals surface area contributed by atoms with Crippen LogP contribution in [0.2, 0.25) is 0 Å². The molecule has 19 heavy (non-hydrogen) atoms. The lowest BCUT2D eigenvalue weighted by Crippen LogP contribution is -2.10. The molecule has 0 aliphatic rings. The first kappa shape index (κ1) is 13.9. The molecule has 0 aliphatic carbocycles. The van der Waals surface area contributed by atoms with Crippen molar-refractivity contribution in [2.24, 2.45) is 0 Å². The highest BCUT2D eigenvalue weighted by Gasteiger charge is 2.05. The first-order valence-corrected chi connectivity index (χ1v) is 6.98. The van der Waals surface area contributed by atoms with Gasteiger partial charge >= 0.3 is 0 Å². The SMILES string of the molecule is CCCn1ncnc1CNc1ccc(OC)c(Br)c1. The van der Waals surface area contributed by atoms with Gasteiger partial charge in [0.2, 0.25) is 0 Å². The standard InChI is InChI=1S/C13H17BrN4O/c1-3-6-18-13(16-9-17-18)8-15-10-4-5-12(19-2)11(14)7-10/h4-5,7,9,15H,3,6,8H2,1-2H3. The van der Waals surface area contributed by atoms with E-state index >= 15 is 0 Å². The zero-order valence-electron chi connectivity index (χ0n) is 11.1.